The Balaban J connectivity index is 1.43. The van der Waals surface area contributed by atoms with Crippen LogP contribution in [0.3, 0.4) is 0 Å². The van der Waals surface area contributed by atoms with E-state index in [9.17, 15) is 28.2 Å². The lowest BCUT2D eigenvalue weighted by Gasteiger charge is -2.24. The second-order valence-electron chi connectivity index (χ2n) is 10.9. The number of nitrogens with one attached hydrogen (secondary N) is 2. The second kappa shape index (κ2) is 12.0. The van der Waals surface area contributed by atoms with Crippen LogP contribution in [0.1, 0.15) is 22.3 Å². The highest BCUT2D eigenvalue weighted by molar-refractivity contribution is 6.65. The predicted molar refractivity (Wildman–Crippen MR) is 180 cm³/mol. The molecule has 0 spiro atoms. The average Bonchev–Trinajstić information content (AvgIpc) is 3.13. The first-order valence-corrected chi connectivity index (χ1v) is 14.6. The monoisotopic (exact) mass is 638 g/mol. The van der Waals surface area contributed by atoms with Gasteiger partial charge in [-0.25, -0.2) is 22.5 Å². The Morgan fingerprint density at radius 2 is 1.31 bits per heavy atom. The number of nitrogens with zero attached hydrogens (tertiary/aromatic N) is 3. The number of anilines is 2. The Kier molecular flexibility index (Phi) is 7.50. The second-order valence-corrected chi connectivity index (χ2v) is 10.9. The summed E-state index contributed by atoms with van der Waals surface area (Å²) in [6, 6.07) is 31.4. The molecular weight excluding hydrogens is 616 g/mol. The van der Waals surface area contributed by atoms with Gasteiger partial charge >= 0.3 is 0 Å². The van der Waals surface area contributed by atoms with Gasteiger partial charge < -0.3 is 5.73 Å². The van der Waals surface area contributed by atoms with Crippen molar-refractivity contribution in [1.82, 2.24) is 4.98 Å². The molecule has 232 valence electrons. The van der Waals surface area contributed by atoms with Crippen molar-refractivity contribution < 1.29 is 17.6 Å². The Hall–Kier alpha value is -6.60. The number of rotatable bonds is 5. The molecule has 4 N–H and O–H groups in total. The van der Waals surface area contributed by atoms with Crippen molar-refractivity contribution in [2.24, 2.45) is 5.10 Å². The first kappa shape index (κ1) is 30.1. The van der Waals surface area contributed by atoms with Crippen LogP contribution < -0.4 is 11.2 Å². The van der Waals surface area contributed by atoms with E-state index in [0.29, 0.717) is 55.7 Å². The molecule has 0 amide bonds. The molecule has 0 bridgehead atoms. The molecule has 1 heterocycles. The van der Waals surface area contributed by atoms with E-state index < -0.39 is 34.5 Å². The Bertz CT molecular complexity index is 2350. The van der Waals surface area contributed by atoms with Crippen LogP contribution in [0.15, 0.2) is 108 Å². The smallest absolute Gasteiger partial charge is 0.185 e. The van der Waals surface area contributed by atoms with E-state index in [4.69, 9.17) is 10.7 Å². The third-order valence-electron chi connectivity index (χ3n) is 8.10. The lowest BCUT2D eigenvalue weighted by atomic mass is 9.82. The molecule has 1 aromatic heterocycles. The van der Waals surface area contributed by atoms with Gasteiger partial charge in [0, 0.05) is 27.6 Å². The molecule has 48 heavy (non-hydrogen) atoms. The van der Waals surface area contributed by atoms with Gasteiger partial charge in [0.05, 0.1) is 39.8 Å². The quantitative estimate of drug-likeness (QED) is 0.0758. The summed E-state index contributed by atoms with van der Waals surface area (Å²) in [4.78, 5) is 4.92. The van der Waals surface area contributed by atoms with E-state index in [1.54, 1.807) is 24.3 Å². The lowest BCUT2D eigenvalue weighted by molar-refractivity contribution is 0.464. The van der Waals surface area contributed by atoms with Crippen molar-refractivity contribution >= 4 is 45.4 Å². The molecule has 1 aliphatic carbocycles. The van der Waals surface area contributed by atoms with Gasteiger partial charge in [0.15, 0.2) is 23.3 Å². The summed E-state index contributed by atoms with van der Waals surface area (Å²) < 4.78 is 58.1. The Labute approximate surface area is 271 Å². The molecule has 0 fully saturated rings. The minimum Gasteiger partial charge on any atom is -0.394 e. The number of nitrogens with two attached hydrogens (primary N) is 1. The number of hydrazone groups is 1. The molecule has 0 aliphatic heterocycles. The van der Waals surface area contributed by atoms with E-state index in [0.717, 1.165) is 5.69 Å². The van der Waals surface area contributed by atoms with Crippen molar-refractivity contribution in [3.8, 4) is 28.5 Å². The topological polar surface area (TPSA) is 111 Å². The zero-order chi connectivity index (χ0) is 33.5. The van der Waals surface area contributed by atoms with E-state index in [1.165, 1.54) is 24.3 Å². The van der Waals surface area contributed by atoms with E-state index in [-0.39, 0.29) is 11.3 Å². The zero-order valence-electron chi connectivity index (χ0n) is 24.8. The fraction of sp³-hybridized carbons (Fsp3) is 0. The van der Waals surface area contributed by atoms with Crippen molar-refractivity contribution in [3.63, 3.8) is 0 Å². The maximum atomic E-state index is 14.8. The number of aromatic nitrogens is 1. The summed E-state index contributed by atoms with van der Waals surface area (Å²) in [5.74, 6) is -6.53. The van der Waals surface area contributed by atoms with Crippen LogP contribution in [-0.4, -0.2) is 16.4 Å². The van der Waals surface area contributed by atoms with Crippen LogP contribution in [0.2, 0.25) is 0 Å². The number of hydrogen-bond acceptors (Lipinski definition) is 6. The summed E-state index contributed by atoms with van der Waals surface area (Å²) in [5, 5.41) is 24.2. The van der Waals surface area contributed by atoms with Gasteiger partial charge in [-0.05, 0) is 47.5 Å². The van der Waals surface area contributed by atoms with Crippen LogP contribution in [0.25, 0.3) is 44.9 Å². The van der Waals surface area contributed by atoms with Crippen molar-refractivity contribution in [3.05, 3.63) is 149 Å². The zero-order valence-corrected chi connectivity index (χ0v) is 24.8. The molecular formula is C38H22F4N6. The predicted octanol–water partition coefficient (Wildman–Crippen LogP) is 8.97. The van der Waals surface area contributed by atoms with Crippen molar-refractivity contribution in [2.75, 3.05) is 11.2 Å². The van der Waals surface area contributed by atoms with E-state index in [1.807, 2.05) is 60.7 Å². The molecule has 6 aromatic rings. The van der Waals surface area contributed by atoms with Gasteiger partial charge in [0.2, 0.25) is 0 Å². The summed E-state index contributed by atoms with van der Waals surface area (Å²) in [6.45, 7) is 0. The molecule has 1 aliphatic rings. The highest BCUT2D eigenvalue weighted by Gasteiger charge is 2.30. The molecule has 10 heteroatoms. The van der Waals surface area contributed by atoms with Crippen LogP contribution in [-0.2, 0) is 0 Å². The summed E-state index contributed by atoms with van der Waals surface area (Å²) in [6.07, 6.45) is 1.87. The maximum Gasteiger partial charge on any atom is 0.185 e. The van der Waals surface area contributed by atoms with Gasteiger partial charge in [0.1, 0.15) is 11.4 Å². The number of para-hydroxylation sites is 2. The summed E-state index contributed by atoms with van der Waals surface area (Å²) in [7, 11) is 0. The molecule has 0 saturated heterocycles. The lowest BCUT2D eigenvalue weighted by Crippen LogP contribution is -2.24. The standard InChI is InChI=1S/C38H22F4N6/c39-31-29(32(40)34(42)36(45)33(31)41)22-14-16-23(17-15-22)37-27-18-26(21-12-10-20(19-43)11-13-21)38(48-47-24-6-2-1-3-7-24)35(44)30(27)25-8-4-5-9-28(25)46-37/h1-18,44,47H,45H2/b44-35?,48-38-. The highest BCUT2D eigenvalue weighted by atomic mass is 19.2. The Morgan fingerprint density at radius 3 is 1.98 bits per heavy atom. The van der Waals surface area contributed by atoms with Crippen molar-refractivity contribution in [2.45, 2.75) is 0 Å². The van der Waals surface area contributed by atoms with Crippen LogP contribution in [0, 0.1) is 40.0 Å². The SMILES string of the molecule is N#Cc1ccc(C2=Cc3c(-c4ccc(-c5c(F)c(F)c(N)c(F)c5F)cc4)nc4ccccc4c3C(=N)/C2=N\Nc2ccccc2)cc1. The van der Waals surface area contributed by atoms with E-state index in [2.05, 4.69) is 16.6 Å². The number of halogens is 4. The molecule has 0 unspecified atom stereocenters. The van der Waals surface area contributed by atoms with Crippen LogP contribution in [0.5, 0.6) is 0 Å². The third kappa shape index (κ3) is 5.04. The molecule has 0 radical (unpaired) electrons. The first-order chi connectivity index (χ1) is 23.3. The molecule has 0 atom stereocenters. The number of allylic oxidation sites excluding steroid dienone is 1. The summed E-state index contributed by atoms with van der Waals surface area (Å²) in [5.41, 5.74) is 11.7. The number of hydrogen-bond donors (Lipinski definition) is 3. The van der Waals surface area contributed by atoms with Crippen LogP contribution in [0.4, 0.5) is 28.9 Å². The normalized spacial score (nSPS) is 13.3. The third-order valence-corrected chi connectivity index (χ3v) is 8.10. The fourth-order valence-corrected chi connectivity index (χ4v) is 5.71. The van der Waals surface area contributed by atoms with Gasteiger partial charge in [0.25, 0.3) is 0 Å². The maximum absolute atomic E-state index is 14.8. The molecule has 7 rings (SSSR count). The molecule has 5 aromatic carbocycles. The Morgan fingerprint density at radius 1 is 0.708 bits per heavy atom. The van der Waals surface area contributed by atoms with Gasteiger partial charge in [-0.1, -0.05) is 72.8 Å². The number of fused-ring (bicyclic) bond motifs is 3. The van der Waals surface area contributed by atoms with E-state index >= 15 is 0 Å². The van der Waals surface area contributed by atoms with Crippen molar-refractivity contribution in [1.29, 1.82) is 10.7 Å². The van der Waals surface area contributed by atoms with Gasteiger partial charge in [-0.3, -0.25) is 10.8 Å². The molecule has 0 saturated carbocycles. The van der Waals surface area contributed by atoms with Gasteiger partial charge in [-0.2, -0.15) is 10.4 Å². The molecule has 6 nitrogen and oxygen atoms in total. The number of nitrogen functional groups attached to an aromatic ring is 1. The number of nitriles is 1. The average molecular weight is 639 g/mol. The van der Waals surface area contributed by atoms with Crippen LogP contribution >= 0.6 is 0 Å². The largest absolute Gasteiger partial charge is 0.394 e. The highest BCUT2D eigenvalue weighted by Crippen LogP contribution is 2.40. The summed E-state index contributed by atoms with van der Waals surface area (Å²) >= 11 is 0. The fourth-order valence-electron chi connectivity index (χ4n) is 5.71. The minimum atomic E-state index is -1.67. The first-order valence-electron chi connectivity index (χ1n) is 14.6. The minimum absolute atomic E-state index is 0.107. The number of benzene rings is 5. The number of pyridine rings is 1. The van der Waals surface area contributed by atoms with Gasteiger partial charge in [-0.15, -0.1) is 0 Å².